The van der Waals surface area contributed by atoms with Crippen LogP contribution in [0.25, 0.3) is 10.9 Å². The number of rotatable bonds is 4. The van der Waals surface area contributed by atoms with Crippen LogP contribution < -0.4 is 5.32 Å². The number of carbonyl (C=O) groups excluding carboxylic acids is 2. The van der Waals surface area contributed by atoms with Crippen molar-refractivity contribution in [3.8, 4) is 0 Å². The van der Waals surface area contributed by atoms with Crippen molar-refractivity contribution in [2.45, 2.75) is 19.8 Å². The Morgan fingerprint density at radius 2 is 1.77 bits per heavy atom. The Bertz CT molecular complexity index is 1050. The molecule has 1 fully saturated rings. The van der Waals surface area contributed by atoms with E-state index in [1.807, 2.05) is 36.1 Å². The number of anilines is 1. The molecule has 1 aliphatic rings. The molecule has 0 aliphatic carbocycles. The van der Waals surface area contributed by atoms with Crippen LogP contribution in [0, 0.1) is 11.8 Å². The van der Waals surface area contributed by atoms with Crippen LogP contribution in [-0.4, -0.2) is 34.8 Å². The van der Waals surface area contributed by atoms with E-state index >= 15 is 0 Å². The molecule has 5 nitrogen and oxygen atoms in total. The average Bonchev–Trinajstić information content (AvgIpc) is 2.79. The van der Waals surface area contributed by atoms with Crippen LogP contribution in [0.15, 0.2) is 60.8 Å². The number of para-hydroxylation sites is 1. The zero-order chi connectivity index (χ0) is 21.1. The number of hydrogen-bond donors (Lipinski definition) is 1. The van der Waals surface area contributed by atoms with Crippen LogP contribution in [0.5, 0.6) is 0 Å². The number of amides is 2. The lowest BCUT2D eigenvalue weighted by Gasteiger charge is -2.34. The van der Waals surface area contributed by atoms with Gasteiger partial charge in [-0.1, -0.05) is 36.7 Å². The fraction of sp³-hybridized carbons (Fsp3) is 0.292. The maximum Gasteiger partial charge on any atom is 0.254 e. The Hall–Kier alpha value is -2.92. The lowest BCUT2D eigenvalue weighted by molar-refractivity contribution is -0.121. The highest BCUT2D eigenvalue weighted by Gasteiger charge is 2.30. The van der Waals surface area contributed by atoms with E-state index < -0.39 is 0 Å². The predicted octanol–water partition coefficient (Wildman–Crippen LogP) is 5.02. The summed E-state index contributed by atoms with van der Waals surface area (Å²) in [5, 5.41) is 4.48. The molecule has 1 saturated heterocycles. The Morgan fingerprint density at radius 1 is 1.07 bits per heavy atom. The van der Waals surface area contributed by atoms with Gasteiger partial charge >= 0.3 is 0 Å². The maximum absolute atomic E-state index is 13.1. The SMILES string of the molecule is CC(C(=O)Nc1ccc(Cl)cc1)C1CCN(C(=O)c2ccnc3ccccc23)CC1. The molecule has 1 aliphatic heterocycles. The quantitative estimate of drug-likeness (QED) is 0.643. The molecule has 0 radical (unpaired) electrons. The summed E-state index contributed by atoms with van der Waals surface area (Å²) in [6.07, 6.45) is 3.30. The van der Waals surface area contributed by atoms with Gasteiger partial charge in [0.15, 0.2) is 0 Å². The number of nitrogens with one attached hydrogen (secondary N) is 1. The number of fused-ring (bicyclic) bond motifs is 1. The monoisotopic (exact) mass is 421 g/mol. The molecule has 30 heavy (non-hydrogen) atoms. The van der Waals surface area contributed by atoms with Gasteiger partial charge in [0.25, 0.3) is 5.91 Å². The van der Waals surface area contributed by atoms with Crippen LogP contribution in [0.1, 0.15) is 30.1 Å². The average molecular weight is 422 g/mol. The van der Waals surface area contributed by atoms with Gasteiger partial charge in [0.2, 0.25) is 5.91 Å². The van der Waals surface area contributed by atoms with E-state index in [1.54, 1.807) is 36.5 Å². The van der Waals surface area contributed by atoms with Crippen LogP contribution >= 0.6 is 11.6 Å². The van der Waals surface area contributed by atoms with Gasteiger partial charge in [0.1, 0.15) is 0 Å². The minimum Gasteiger partial charge on any atom is -0.339 e. The van der Waals surface area contributed by atoms with Crippen LogP contribution in [0.2, 0.25) is 5.02 Å². The summed E-state index contributed by atoms with van der Waals surface area (Å²) in [5.41, 5.74) is 2.26. The Labute approximate surface area is 181 Å². The largest absolute Gasteiger partial charge is 0.339 e. The normalized spacial score (nSPS) is 15.7. The van der Waals surface area contributed by atoms with E-state index in [1.165, 1.54) is 0 Å². The molecule has 154 valence electrons. The number of nitrogens with zero attached hydrogens (tertiary/aromatic N) is 2. The van der Waals surface area contributed by atoms with Crippen molar-refractivity contribution < 1.29 is 9.59 Å². The molecule has 2 heterocycles. The second kappa shape index (κ2) is 8.84. The zero-order valence-corrected chi connectivity index (χ0v) is 17.6. The molecular formula is C24H24ClN3O2. The molecule has 1 N–H and O–H groups in total. The van der Waals surface area contributed by atoms with E-state index in [-0.39, 0.29) is 23.7 Å². The van der Waals surface area contributed by atoms with E-state index in [2.05, 4.69) is 10.3 Å². The third kappa shape index (κ3) is 4.31. The van der Waals surface area contributed by atoms with Crippen molar-refractivity contribution in [2.24, 2.45) is 11.8 Å². The van der Waals surface area contributed by atoms with E-state index in [9.17, 15) is 9.59 Å². The topological polar surface area (TPSA) is 62.3 Å². The highest BCUT2D eigenvalue weighted by atomic mass is 35.5. The molecule has 2 amide bonds. The van der Waals surface area contributed by atoms with Crippen molar-refractivity contribution in [3.05, 3.63) is 71.4 Å². The maximum atomic E-state index is 13.1. The Morgan fingerprint density at radius 3 is 2.50 bits per heavy atom. The molecule has 0 spiro atoms. The van der Waals surface area contributed by atoms with E-state index in [4.69, 9.17) is 11.6 Å². The molecule has 1 aromatic heterocycles. The van der Waals surface area contributed by atoms with Crippen molar-refractivity contribution >= 4 is 40.0 Å². The lowest BCUT2D eigenvalue weighted by atomic mass is 9.84. The third-order valence-corrected chi connectivity index (χ3v) is 6.19. The second-order valence-electron chi connectivity index (χ2n) is 7.79. The van der Waals surface area contributed by atoms with Crippen molar-refractivity contribution in [1.82, 2.24) is 9.88 Å². The van der Waals surface area contributed by atoms with Crippen molar-refractivity contribution in [3.63, 3.8) is 0 Å². The number of halogens is 1. The molecule has 3 aromatic rings. The van der Waals surface area contributed by atoms with Crippen LogP contribution in [-0.2, 0) is 4.79 Å². The first kappa shape index (κ1) is 20.4. The number of hydrogen-bond acceptors (Lipinski definition) is 3. The summed E-state index contributed by atoms with van der Waals surface area (Å²) in [6, 6.07) is 16.6. The van der Waals surface area contributed by atoms with Gasteiger partial charge in [-0.25, -0.2) is 0 Å². The molecule has 0 saturated carbocycles. The number of carbonyl (C=O) groups is 2. The fourth-order valence-electron chi connectivity index (χ4n) is 4.06. The number of aromatic nitrogens is 1. The highest BCUT2D eigenvalue weighted by molar-refractivity contribution is 6.30. The van der Waals surface area contributed by atoms with E-state index in [0.717, 1.165) is 29.4 Å². The van der Waals surface area contributed by atoms with Crippen molar-refractivity contribution in [1.29, 1.82) is 0 Å². The van der Waals surface area contributed by atoms with Crippen molar-refractivity contribution in [2.75, 3.05) is 18.4 Å². The van der Waals surface area contributed by atoms with Gasteiger partial charge in [-0.2, -0.15) is 0 Å². The Kier molecular flexibility index (Phi) is 6.00. The summed E-state index contributed by atoms with van der Waals surface area (Å²) >= 11 is 5.90. The minimum atomic E-state index is -0.125. The minimum absolute atomic E-state index is 0.00206. The van der Waals surface area contributed by atoms with Gasteiger partial charge in [0, 0.05) is 41.3 Å². The van der Waals surface area contributed by atoms with Gasteiger partial charge in [-0.05, 0) is 55.2 Å². The highest BCUT2D eigenvalue weighted by Crippen LogP contribution is 2.28. The summed E-state index contributed by atoms with van der Waals surface area (Å²) in [4.78, 5) is 32.0. The molecule has 6 heteroatoms. The summed E-state index contributed by atoms with van der Waals surface area (Å²) in [5.74, 6) is 0.155. The van der Waals surface area contributed by atoms with Gasteiger partial charge in [-0.15, -0.1) is 0 Å². The Balaban J connectivity index is 1.37. The predicted molar refractivity (Wildman–Crippen MR) is 120 cm³/mol. The molecule has 1 unspecified atom stereocenters. The lowest BCUT2D eigenvalue weighted by Crippen LogP contribution is -2.41. The standard InChI is InChI=1S/C24H24ClN3O2/c1-16(23(29)27-19-8-6-18(25)7-9-19)17-11-14-28(15-12-17)24(30)21-10-13-26-22-5-3-2-4-20(21)22/h2-10,13,16-17H,11-12,14-15H2,1H3,(H,27,29). The molecular weight excluding hydrogens is 398 g/mol. The first-order valence-corrected chi connectivity index (χ1v) is 10.6. The molecule has 1 atom stereocenters. The van der Waals surface area contributed by atoms with Crippen LogP contribution in [0.4, 0.5) is 5.69 Å². The molecule has 4 rings (SSSR count). The summed E-state index contributed by atoms with van der Waals surface area (Å²) in [6.45, 7) is 3.27. The number of benzene rings is 2. The summed E-state index contributed by atoms with van der Waals surface area (Å²) in [7, 11) is 0. The van der Waals surface area contributed by atoms with Gasteiger partial charge in [-0.3, -0.25) is 14.6 Å². The fourth-order valence-corrected chi connectivity index (χ4v) is 4.18. The van der Waals surface area contributed by atoms with Gasteiger partial charge in [0.05, 0.1) is 11.1 Å². The number of likely N-dealkylation sites (tertiary alicyclic amines) is 1. The first-order valence-electron chi connectivity index (χ1n) is 10.2. The first-order chi connectivity index (χ1) is 14.5. The second-order valence-corrected chi connectivity index (χ2v) is 8.23. The number of piperidine rings is 1. The summed E-state index contributed by atoms with van der Waals surface area (Å²) < 4.78 is 0. The van der Waals surface area contributed by atoms with E-state index in [0.29, 0.717) is 23.7 Å². The zero-order valence-electron chi connectivity index (χ0n) is 16.8. The van der Waals surface area contributed by atoms with Gasteiger partial charge < -0.3 is 10.2 Å². The van der Waals surface area contributed by atoms with Crippen LogP contribution in [0.3, 0.4) is 0 Å². The third-order valence-electron chi connectivity index (χ3n) is 5.94. The molecule has 2 aromatic carbocycles. The molecule has 0 bridgehead atoms. The number of pyridine rings is 1. The smallest absolute Gasteiger partial charge is 0.254 e.